The summed E-state index contributed by atoms with van der Waals surface area (Å²) in [6, 6.07) is 0. The molecule has 9 heavy (non-hydrogen) atoms. The van der Waals surface area contributed by atoms with Crippen LogP contribution in [0.4, 0.5) is 0 Å². The van der Waals surface area contributed by atoms with Gasteiger partial charge in [-0.15, -0.1) is 4.55 Å². The van der Waals surface area contributed by atoms with Crippen molar-refractivity contribution in [3.05, 3.63) is 0 Å². The monoisotopic (exact) mass is 140 g/mol. The SMILES string of the molecule is C[CH2][Mg][CH]1COCCO1. The molecule has 0 aromatic heterocycles. The molecule has 1 heterocycles. The average molecular weight is 140 g/mol. The molecule has 1 saturated heterocycles. The van der Waals surface area contributed by atoms with Crippen LogP contribution in [0.2, 0.25) is 4.55 Å². The lowest BCUT2D eigenvalue weighted by Crippen LogP contribution is -2.32. The van der Waals surface area contributed by atoms with Crippen molar-refractivity contribution in [1.29, 1.82) is 0 Å². The Morgan fingerprint density at radius 2 is 2.44 bits per heavy atom. The molecule has 1 aliphatic rings. The molecule has 0 spiro atoms. The summed E-state index contributed by atoms with van der Waals surface area (Å²) in [6.07, 6.45) is 0. The fourth-order valence-electron chi connectivity index (χ4n) is 1.03. The highest BCUT2D eigenvalue weighted by Crippen LogP contribution is 1.99. The van der Waals surface area contributed by atoms with Crippen molar-refractivity contribution in [2.75, 3.05) is 19.8 Å². The highest BCUT2D eigenvalue weighted by Gasteiger charge is 2.14. The maximum atomic E-state index is 5.46. The summed E-state index contributed by atoms with van der Waals surface area (Å²) >= 11 is 0.0287. The van der Waals surface area contributed by atoms with E-state index >= 15 is 0 Å². The lowest BCUT2D eigenvalue weighted by atomic mass is 10.6. The van der Waals surface area contributed by atoms with Gasteiger partial charge >= 0.3 is 20.4 Å². The van der Waals surface area contributed by atoms with E-state index in [1.54, 1.807) is 0 Å². The summed E-state index contributed by atoms with van der Waals surface area (Å²) in [6.45, 7) is 4.70. The Morgan fingerprint density at radius 1 is 1.56 bits per heavy atom. The van der Waals surface area contributed by atoms with Gasteiger partial charge in [-0.1, -0.05) is 6.92 Å². The van der Waals surface area contributed by atoms with Gasteiger partial charge in [-0.25, -0.2) is 0 Å². The summed E-state index contributed by atoms with van der Waals surface area (Å²) in [5.41, 5.74) is 0. The van der Waals surface area contributed by atoms with Crippen LogP contribution >= 0.6 is 0 Å². The first-order valence-electron chi connectivity index (χ1n) is 3.63. The molecule has 1 atom stereocenters. The van der Waals surface area contributed by atoms with Gasteiger partial charge in [-0.3, -0.25) is 0 Å². The third kappa shape index (κ3) is 2.84. The van der Waals surface area contributed by atoms with E-state index in [9.17, 15) is 0 Å². The van der Waals surface area contributed by atoms with Gasteiger partial charge in [0.2, 0.25) is 0 Å². The zero-order chi connectivity index (χ0) is 6.53. The topological polar surface area (TPSA) is 18.5 Å². The Morgan fingerprint density at radius 3 is 3.00 bits per heavy atom. The normalized spacial score (nSPS) is 27.4. The van der Waals surface area contributed by atoms with E-state index in [1.807, 2.05) is 0 Å². The van der Waals surface area contributed by atoms with E-state index in [-0.39, 0.29) is 20.4 Å². The molecule has 0 aliphatic carbocycles. The number of rotatable bonds is 2. The van der Waals surface area contributed by atoms with E-state index in [0.29, 0.717) is 4.23 Å². The molecule has 0 aromatic rings. The molecule has 0 radical (unpaired) electrons. The number of hydrogen-bond acceptors (Lipinski definition) is 2. The third-order valence-corrected chi connectivity index (χ3v) is 3.19. The van der Waals surface area contributed by atoms with E-state index in [2.05, 4.69) is 6.92 Å². The van der Waals surface area contributed by atoms with Crippen LogP contribution in [-0.4, -0.2) is 44.4 Å². The van der Waals surface area contributed by atoms with Gasteiger partial charge in [0.15, 0.2) is 0 Å². The van der Waals surface area contributed by atoms with Crippen molar-refractivity contribution in [2.24, 2.45) is 0 Å². The van der Waals surface area contributed by atoms with Crippen LogP contribution in [0.3, 0.4) is 0 Å². The summed E-state index contributed by atoms with van der Waals surface area (Å²) in [4.78, 5) is 0. The van der Waals surface area contributed by atoms with Gasteiger partial charge in [0, 0.05) is 6.61 Å². The van der Waals surface area contributed by atoms with E-state index < -0.39 is 0 Å². The quantitative estimate of drug-likeness (QED) is 0.520. The molecule has 2 nitrogen and oxygen atoms in total. The maximum absolute atomic E-state index is 5.46. The maximum Gasteiger partial charge on any atom is 0.413 e. The largest absolute Gasteiger partial charge is 0.413 e. The fraction of sp³-hybridized carbons (Fsp3) is 1.00. The zero-order valence-electron chi connectivity index (χ0n) is 5.93. The van der Waals surface area contributed by atoms with Gasteiger partial charge in [-0.05, 0) is 4.23 Å². The van der Waals surface area contributed by atoms with Crippen LogP contribution in [0.1, 0.15) is 6.92 Å². The summed E-state index contributed by atoms with van der Waals surface area (Å²) in [5.74, 6) is 0. The van der Waals surface area contributed by atoms with Crippen molar-refractivity contribution in [3.63, 3.8) is 0 Å². The van der Waals surface area contributed by atoms with Crippen molar-refractivity contribution in [1.82, 2.24) is 0 Å². The van der Waals surface area contributed by atoms with Crippen LogP contribution in [0.5, 0.6) is 0 Å². The van der Waals surface area contributed by atoms with Gasteiger partial charge in [-0.2, -0.15) is 0 Å². The van der Waals surface area contributed by atoms with Gasteiger partial charge in [0.05, 0.1) is 13.2 Å². The summed E-state index contributed by atoms with van der Waals surface area (Å²) in [7, 11) is 0. The Bertz CT molecular complexity index is 68.7. The van der Waals surface area contributed by atoms with Crippen LogP contribution in [-0.2, 0) is 9.47 Å². The van der Waals surface area contributed by atoms with Crippen molar-refractivity contribution < 1.29 is 9.47 Å². The van der Waals surface area contributed by atoms with E-state index in [4.69, 9.17) is 9.47 Å². The zero-order valence-corrected chi connectivity index (χ0v) is 7.34. The highest BCUT2D eigenvalue weighted by atomic mass is 24.5. The minimum atomic E-state index is 0.0287. The van der Waals surface area contributed by atoms with Gasteiger partial charge < -0.3 is 9.47 Å². The van der Waals surface area contributed by atoms with Crippen LogP contribution in [0, 0.1) is 0 Å². The van der Waals surface area contributed by atoms with Crippen molar-refractivity contribution in [2.45, 2.75) is 15.7 Å². The standard InChI is InChI=1S/C4H7O2.C2H5.Mg/c1-2-6-4-3-5-1;1-2;/h1H,2-4H2;1H2,2H3;. The summed E-state index contributed by atoms with van der Waals surface area (Å²) in [5, 5.41) is 0. The fourth-order valence-corrected chi connectivity index (χ4v) is 2.34. The second-order valence-electron chi connectivity index (χ2n) is 2.36. The molecule has 0 N–H and O–H groups in total. The molecule has 50 valence electrons. The predicted octanol–water partition coefficient (Wildman–Crippen LogP) is 0.502. The second kappa shape index (κ2) is 4.49. The van der Waals surface area contributed by atoms with E-state index in [0.717, 1.165) is 19.8 Å². The summed E-state index contributed by atoms with van der Waals surface area (Å²) < 4.78 is 12.5. The molecule has 1 fully saturated rings. The highest BCUT2D eigenvalue weighted by molar-refractivity contribution is 6.37. The molecule has 1 aliphatic heterocycles. The van der Waals surface area contributed by atoms with Crippen molar-refractivity contribution in [3.8, 4) is 0 Å². The predicted molar refractivity (Wildman–Crippen MR) is 36.8 cm³/mol. The third-order valence-electron chi connectivity index (χ3n) is 1.50. The molecule has 1 rings (SSSR count). The lowest BCUT2D eigenvalue weighted by Gasteiger charge is -2.22. The first kappa shape index (κ1) is 7.79. The van der Waals surface area contributed by atoms with Gasteiger partial charge in [0.1, 0.15) is 0 Å². The second-order valence-corrected chi connectivity index (χ2v) is 4.84. The average Bonchev–Trinajstić information content (AvgIpc) is 1.91. The Balaban J connectivity index is 2.08. The molecular formula is C6H12MgO2. The molecule has 1 unspecified atom stereocenters. The first-order chi connectivity index (χ1) is 4.43. The van der Waals surface area contributed by atoms with Gasteiger partial charge in [0.25, 0.3) is 0 Å². The van der Waals surface area contributed by atoms with E-state index in [1.165, 1.54) is 4.55 Å². The molecule has 0 bridgehead atoms. The number of hydrogen-bond donors (Lipinski definition) is 0. The smallest absolute Gasteiger partial charge is 0.402 e. The minimum absolute atomic E-state index is 0.0287. The van der Waals surface area contributed by atoms with Crippen LogP contribution in [0.15, 0.2) is 0 Å². The molecule has 0 aromatic carbocycles. The lowest BCUT2D eigenvalue weighted by molar-refractivity contribution is -0.0550. The Labute approximate surface area is 65.6 Å². The minimum Gasteiger partial charge on any atom is -0.402 e. The Hall–Kier alpha value is 0.686. The van der Waals surface area contributed by atoms with Crippen molar-refractivity contribution >= 4 is 20.4 Å². The van der Waals surface area contributed by atoms with Crippen LogP contribution < -0.4 is 0 Å². The van der Waals surface area contributed by atoms with Crippen LogP contribution in [0.25, 0.3) is 0 Å². The molecule has 0 amide bonds. The molecule has 0 saturated carbocycles. The Kier molecular flexibility index (Phi) is 3.89. The molecular weight excluding hydrogens is 128 g/mol. The number of ether oxygens (including phenoxy) is 2. The molecule has 3 heteroatoms. The first-order valence-corrected chi connectivity index (χ1v) is 5.44.